The van der Waals surface area contributed by atoms with Crippen LogP contribution in [-0.2, 0) is 0 Å². The first kappa shape index (κ1) is 10.9. The van der Waals surface area contributed by atoms with Crippen molar-refractivity contribution in [3.63, 3.8) is 0 Å². The molecule has 0 saturated heterocycles. The van der Waals surface area contributed by atoms with Gasteiger partial charge in [0, 0.05) is 12.2 Å². The van der Waals surface area contributed by atoms with Gasteiger partial charge in [-0.25, -0.2) is 0 Å². The van der Waals surface area contributed by atoms with Gasteiger partial charge in [0.1, 0.15) is 5.75 Å². The van der Waals surface area contributed by atoms with E-state index in [2.05, 4.69) is 11.9 Å². The maximum atomic E-state index is 5.96. The van der Waals surface area contributed by atoms with Gasteiger partial charge in [-0.2, -0.15) is 0 Å². The molecule has 0 aromatic heterocycles. The number of hydrogen-bond acceptors (Lipinski definition) is 2. The summed E-state index contributed by atoms with van der Waals surface area (Å²) in [4.78, 5) is 0. The Morgan fingerprint density at radius 3 is 2.93 bits per heavy atom. The summed E-state index contributed by atoms with van der Waals surface area (Å²) >= 11 is 5.96. The van der Waals surface area contributed by atoms with Crippen LogP contribution < -0.4 is 10.1 Å². The Hall–Kier alpha value is -1.15. The Labute approximate surface area is 89.5 Å². The summed E-state index contributed by atoms with van der Waals surface area (Å²) in [5.41, 5.74) is 0.998. The standard InChI is InChI=1S/C11H14ClNO/c1-3-4-7-13-9-5-6-11(14-2)10(12)8-9/h3,5-6,8,13H,1,4,7H2,2H3. The predicted molar refractivity (Wildman–Crippen MR) is 61.3 cm³/mol. The van der Waals surface area contributed by atoms with E-state index in [-0.39, 0.29) is 0 Å². The van der Waals surface area contributed by atoms with Crippen molar-refractivity contribution in [1.29, 1.82) is 0 Å². The van der Waals surface area contributed by atoms with Gasteiger partial charge in [-0.3, -0.25) is 0 Å². The number of hydrogen-bond donors (Lipinski definition) is 1. The van der Waals surface area contributed by atoms with Crippen LogP contribution in [0.5, 0.6) is 5.75 Å². The second-order valence-electron chi connectivity index (χ2n) is 2.85. The lowest BCUT2D eigenvalue weighted by molar-refractivity contribution is 0.415. The smallest absolute Gasteiger partial charge is 0.137 e. The molecular formula is C11H14ClNO. The van der Waals surface area contributed by atoms with E-state index in [9.17, 15) is 0 Å². The van der Waals surface area contributed by atoms with Crippen molar-refractivity contribution in [2.75, 3.05) is 19.0 Å². The van der Waals surface area contributed by atoms with Crippen molar-refractivity contribution in [2.45, 2.75) is 6.42 Å². The number of rotatable bonds is 5. The Kier molecular flexibility index (Phi) is 4.33. The van der Waals surface area contributed by atoms with E-state index in [4.69, 9.17) is 16.3 Å². The molecule has 76 valence electrons. The van der Waals surface area contributed by atoms with E-state index in [0.29, 0.717) is 10.8 Å². The van der Waals surface area contributed by atoms with Gasteiger partial charge < -0.3 is 10.1 Å². The van der Waals surface area contributed by atoms with Crippen LogP contribution in [0.2, 0.25) is 5.02 Å². The molecule has 0 bridgehead atoms. The largest absolute Gasteiger partial charge is 0.495 e. The monoisotopic (exact) mass is 211 g/mol. The Morgan fingerprint density at radius 2 is 2.36 bits per heavy atom. The molecule has 0 atom stereocenters. The average molecular weight is 212 g/mol. The van der Waals surface area contributed by atoms with Gasteiger partial charge in [0.2, 0.25) is 0 Å². The van der Waals surface area contributed by atoms with Crippen LogP contribution in [0.4, 0.5) is 5.69 Å². The highest BCUT2D eigenvalue weighted by molar-refractivity contribution is 6.32. The lowest BCUT2D eigenvalue weighted by Gasteiger charge is -2.07. The lowest BCUT2D eigenvalue weighted by atomic mass is 10.3. The number of nitrogens with one attached hydrogen (secondary N) is 1. The van der Waals surface area contributed by atoms with Crippen LogP contribution >= 0.6 is 11.6 Å². The number of benzene rings is 1. The molecule has 1 aromatic rings. The molecule has 0 saturated carbocycles. The van der Waals surface area contributed by atoms with Gasteiger partial charge in [-0.1, -0.05) is 17.7 Å². The number of anilines is 1. The normalized spacial score (nSPS) is 9.57. The third-order valence-electron chi connectivity index (χ3n) is 1.83. The van der Waals surface area contributed by atoms with E-state index >= 15 is 0 Å². The summed E-state index contributed by atoms with van der Waals surface area (Å²) in [6.45, 7) is 4.52. The van der Waals surface area contributed by atoms with Crippen LogP contribution in [0.1, 0.15) is 6.42 Å². The van der Waals surface area contributed by atoms with Gasteiger partial charge in [0.05, 0.1) is 12.1 Å². The predicted octanol–water partition coefficient (Wildman–Crippen LogP) is 3.34. The van der Waals surface area contributed by atoms with Crippen molar-refractivity contribution in [3.8, 4) is 5.75 Å². The SMILES string of the molecule is C=CCCNc1ccc(OC)c(Cl)c1. The Balaban J connectivity index is 2.61. The molecule has 2 nitrogen and oxygen atoms in total. The lowest BCUT2D eigenvalue weighted by Crippen LogP contribution is -1.99. The Bertz CT molecular complexity index is 312. The van der Waals surface area contributed by atoms with Crippen molar-refractivity contribution >= 4 is 17.3 Å². The highest BCUT2D eigenvalue weighted by Gasteiger charge is 2.00. The molecule has 0 aliphatic heterocycles. The molecule has 0 unspecified atom stereocenters. The third-order valence-corrected chi connectivity index (χ3v) is 2.12. The minimum atomic E-state index is 0.621. The second-order valence-corrected chi connectivity index (χ2v) is 3.26. The molecule has 1 aromatic carbocycles. The molecule has 0 fully saturated rings. The van der Waals surface area contributed by atoms with E-state index in [0.717, 1.165) is 18.7 Å². The van der Waals surface area contributed by atoms with Gasteiger partial charge >= 0.3 is 0 Å². The summed E-state index contributed by atoms with van der Waals surface area (Å²) < 4.78 is 5.05. The third kappa shape index (κ3) is 2.96. The first-order valence-corrected chi connectivity index (χ1v) is 4.84. The van der Waals surface area contributed by atoms with Crippen LogP contribution in [0, 0.1) is 0 Å². The average Bonchev–Trinajstić information content (AvgIpc) is 2.18. The minimum absolute atomic E-state index is 0.621. The van der Waals surface area contributed by atoms with Crippen LogP contribution in [0.3, 0.4) is 0 Å². The maximum Gasteiger partial charge on any atom is 0.137 e. The van der Waals surface area contributed by atoms with Crippen molar-refractivity contribution in [3.05, 3.63) is 35.9 Å². The first-order valence-electron chi connectivity index (χ1n) is 4.46. The van der Waals surface area contributed by atoms with Crippen LogP contribution in [0.15, 0.2) is 30.9 Å². The number of halogens is 1. The molecular weight excluding hydrogens is 198 g/mol. The maximum absolute atomic E-state index is 5.96. The molecule has 0 radical (unpaired) electrons. The van der Waals surface area contributed by atoms with E-state index in [1.54, 1.807) is 7.11 Å². The van der Waals surface area contributed by atoms with Crippen molar-refractivity contribution in [2.24, 2.45) is 0 Å². The zero-order valence-electron chi connectivity index (χ0n) is 8.22. The Morgan fingerprint density at radius 1 is 1.57 bits per heavy atom. The summed E-state index contributed by atoms with van der Waals surface area (Å²) in [6, 6.07) is 5.63. The fourth-order valence-corrected chi connectivity index (χ4v) is 1.35. The van der Waals surface area contributed by atoms with Crippen LogP contribution in [0.25, 0.3) is 0 Å². The van der Waals surface area contributed by atoms with Crippen molar-refractivity contribution in [1.82, 2.24) is 0 Å². The molecule has 0 spiro atoms. The van der Waals surface area contributed by atoms with Gasteiger partial charge in [0.25, 0.3) is 0 Å². The highest BCUT2D eigenvalue weighted by Crippen LogP contribution is 2.26. The van der Waals surface area contributed by atoms with Gasteiger partial charge in [-0.15, -0.1) is 6.58 Å². The molecule has 14 heavy (non-hydrogen) atoms. The minimum Gasteiger partial charge on any atom is -0.495 e. The molecule has 0 aliphatic rings. The molecule has 1 rings (SSSR count). The summed E-state index contributed by atoms with van der Waals surface area (Å²) in [5, 5.41) is 3.85. The fourth-order valence-electron chi connectivity index (χ4n) is 1.09. The molecule has 0 aliphatic carbocycles. The summed E-state index contributed by atoms with van der Waals surface area (Å²) in [6.07, 6.45) is 2.81. The molecule has 3 heteroatoms. The molecule has 1 N–H and O–H groups in total. The van der Waals surface area contributed by atoms with Crippen molar-refractivity contribution < 1.29 is 4.74 Å². The molecule has 0 heterocycles. The number of ether oxygens (including phenoxy) is 1. The van der Waals surface area contributed by atoms with E-state index in [1.807, 2.05) is 24.3 Å². The van der Waals surface area contributed by atoms with Crippen LogP contribution in [-0.4, -0.2) is 13.7 Å². The van der Waals surface area contributed by atoms with Gasteiger partial charge in [0.15, 0.2) is 0 Å². The molecule has 0 amide bonds. The highest BCUT2D eigenvalue weighted by atomic mass is 35.5. The first-order chi connectivity index (χ1) is 6.77. The summed E-state index contributed by atoms with van der Waals surface area (Å²) in [7, 11) is 1.60. The zero-order chi connectivity index (χ0) is 10.4. The van der Waals surface area contributed by atoms with Gasteiger partial charge in [-0.05, 0) is 24.6 Å². The fraction of sp³-hybridized carbons (Fsp3) is 0.273. The van der Waals surface area contributed by atoms with E-state index < -0.39 is 0 Å². The zero-order valence-corrected chi connectivity index (χ0v) is 8.97. The summed E-state index contributed by atoms with van der Waals surface area (Å²) in [5.74, 6) is 0.695. The quantitative estimate of drug-likeness (QED) is 0.596. The topological polar surface area (TPSA) is 21.3 Å². The second kappa shape index (κ2) is 5.55. The van der Waals surface area contributed by atoms with E-state index in [1.165, 1.54) is 0 Å². The number of methoxy groups -OCH3 is 1.